The molecule has 1 aliphatic rings. The first kappa shape index (κ1) is 26.1. The lowest BCUT2D eigenvalue weighted by atomic mass is 9.93. The summed E-state index contributed by atoms with van der Waals surface area (Å²) in [5.74, 6) is 3.05. The molecule has 3 N–H and O–H groups in total. The van der Waals surface area contributed by atoms with Crippen LogP contribution >= 0.6 is 24.0 Å². The molecule has 0 aromatic carbocycles. The van der Waals surface area contributed by atoms with Crippen molar-refractivity contribution < 1.29 is 5.11 Å². The van der Waals surface area contributed by atoms with Gasteiger partial charge in [-0.25, -0.2) is 0 Å². The van der Waals surface area contributed by atoms with Gasteiger partial charge < -0.3 is 20.3 Å². The van der Waals surface area contributed by atoms with E-state index in [9.17, 15) is 5.11 Å². The minimum absolute atomic E-state index is 0. The lowest BCUT2D eigenvalue weighted by Gasteiger charge is -2.26. The Morgan fingerprint density at radius 2 is 1.86 bits per heavy atom. The van der Waals surface area contributed by atoms with Crippen LogP contribution in [0.15, 0.2) is 4.99 Å². The summed E-state index contributed by atoms with van der Waals surface area (Å²) in [5.41, 5.74) is -0.690. The molecule has 0 atom stereocenters. The Hall–Kier alpha value is -0.900. The lowest BCUT2D eigenvalue weighted by molar-refractivity contribution is 0.0306. The standard InChI is InChI=1S/C21H40N6O.HI/c1-4-13-21(28,14-5-2)17-24-20(22-6-3)23-15-10-12-19-26-25-18-11-8-7-9-16-27(18)19;/h28H,4-17H2,1-3H3,(H2,22,23,24);1H. The van der Waals surface area contributed by atoms with Crippen LogP contribution in [0, 0.1) is 0 Å². The summed E-state index contributed by atoms with van der Waals surface area (Å²) < 4.78 is 2.32. The number of guanidine groups is 1. The number of aliphatic hydroxyl groups is 1. The molecule has 0 radical (unpaired) electrons. The van der Waals surface area contributed by atoms with Gasteiger partial charge in [-0.2, -0.15) is 0 Å². The van der Waals surface area contributed by atoms with Gasteiger partial charge >= 0.3 is 0 Å². The molecule has 7 nitrogen and oxygen atoms in total. The van der Waals surface area contributed by atoms with Gasteiger partial charge in [0.1, 0.15) is 11.6 Å². The molecule has 0 fully saturated rings. The fraction of sp³-hybridized carbons (Fsp3) is 0.857. The van der Waals surface area contributed by atoms with E-state index in [-0.39, 0.29) is 24.0 Å². The number of hydrogen-bond donors (Lipinski definition) is 3. The van der Waals surface area contributed by atoms with Gasteiger partial charge in [0, 0.05) is 32.5 Å². The Kier molecular flexibility index (Phi) is 12.8. The summed E-state index contributed by atoms with van der Waals surface area (Å²) in [7, 11) is 0. The molecule has 0 aliphatic carbocycles. The molecule has 8 heteroatoms. The van der Waals surface area contributed by atoms with Crippen LogP contribution in [-0.4, -0.2) is 51.1 Å². The van der Waals surface area contributed by atoms with Crippen molar-refractivity contribution in [2.24, 2.45) is 4.99 Å². The molecule has 0 saturated carbocycles. The third kappa shape index (κ3) is 8.78. The van der Waals surface area contributed by atoms with Crippen molar-refractivity contribution >= 4 is 29.9 Å². The SMILES string of the molecule is CCCC(O)(CCC)CN=C(NCC)NCCCc1nnc2n1CCCCC2.I. The van der Waals surface area contributed by atoms with Crippen LogP contribution in [0.3, 0.4) is 0 Å². The average Bonchev–Trinajstić information content (AvgIpc) is 2.90. The van der Waals surface area contributed by atoms with Crippen molar-refractivity contribution in [3.8, 4) is 0 Å². The second-order valence-electron chi connectivity index (χ2n) is 7.94. The first-order valence-corrected chi connectivity index (χ1v) is 11.3. The van der Waals surface area contributed by atoms with Crippen LogP contribution in [0.4, 0.5) is 0 Å². The van der Waals surface area contributed by atoms with Crippen molar-refractivity contribution in [3.63, 3.8) is 0 Å². The third-order valence-electron chi connectivity index (χ3n) is 5.36. The number of nitrogens with one attached hydrogen (secondary N) is 2. The van der Waals surface area contributed by atoms with Crippen LogP contribution in [0.1, 0.15) is 83.8 Å². The topological polar surface area (TPSA) is 87.4 Å². The zero-order valence-electron chi connectivity index (χ0n) is 18.5. The number of rotatable bonds is 11. The Labute approximate surface area is 193 Å². The first-order chi connectivity index (χ1) is 13.6. The number of hydrogen-bond acceptors (Lipinski definition) is 4. The van der Waals surface area contributed by atoms with E-state index in [0.29, 0.717) is 6.54 Å². The summed E-state index contributed by atoms with van der Waals surface area (Å²) in [6.07, 6.45) is 10.2. The monoisotopic (exact) mass is 520 g/mol. The molecular weight excluding hydrogens is 479 g/mol. The van der Waals surface area contributed by atoms with Gasteiger partial charge in [-0.3, -0.25) is 4.99 Å². The maximum Gasteiger partial charge on any atom is 0.191 e. The number of nitrogens with zero attached hydrogens (tertiary/aromatic N) is 4. The molecule has 0 spiro atoms. The lowest BCUT2D eigenvalue weighted by Crippen LogP contribution is -2.40. The molecular formula is C21H41IN6O. The third-order valence-corrected chi connectivity index (χ3v) is 5.36. The van der Waals surface area contributed by atoms with Gasteiger partial charge in [0.2, 0.25) is 0 Å². The van der Waals surface area contributed by atoms with Crippen molar-refractivity contribution in [1.82, 2.24) is 25.4 Å². The largest absolute Gasteiger partial charge is 0.388 e. The predicted molar refractivity (Wildman–Crippen MR) is 130 cm³/mol. The fourth-order valence-corrected chi connectivity index (χ4v) is 3.97. The normalized spacial score (nSPS) is 14.7. The highest BCUT2D eigenvalue weighted by molar-refractivity contribution is 14.0. The molecule has 2 heterocycles. The molecule has 0 amide bonds. The summed E-state index contributed by atoms with van der Waals surface area (Å²) in [6, 6.07) is 0. The summed E-state index contributed by atoms with van der Waals surface area (Å²) in [6.45, 7) is 9.42. The highest BCUT2D eigenvalue weighted by Crippen LogP contribution is 2.20. The molecule has 2 rings (SSSR count). The smallest absolute Gasteiger partial charge is 0.191 e. The van der Waals surface area contributed by atoms with Gasteiger partial charge in [0.25, 0.3) is 0 Å². The van der Waals surface area contributed by atoms with Crippen LogP contribution in [0.25, 0.3) is 0 Å². The van der Waals surface area contributed by atoms with E-state index in [1.54, 1.807) is 0 Å². The summed E-state index contributed by atoms with van der Waals surface area (Å²) >= 11 is 0. The van der Waals surface area contributed by atoms with Gasteiger partial charge in [-0.05, 0) is 39.0 Å². The minimum atomic E-state index is -0.690. The average molecular weight is 521 g/mol. The Balaban J connectivity index is 0.00000420. The highest BCUT2D eigenvalue weighted by atomic mass is 127. The van der Waals surface area contributed by atoms with E-state index in [1.807, 2.05) is 0 Å². The van der Waals surface area contributed by atoms with Crippen LogP contribution < -0.4 is 10.6 Å². The molecule has 1 aliphatic heterocycles. The Bertz CT molecular complexity index is 598. The van der Waals surface area contributed by atoms with Gasteiger partial charge in [-0.15, -0.1) is 34.2 Å². The van der Waals surface area contributed by atoms with Crippen molar-refractivity contribution in [2.75, 3.05) is 19.6 Å². The zero-order chi connectivity index (χ0) is 20.2. The van der Waals surface area contributed by atoms with E-state index < -0.39 is 5.60 Å². The minimum Gasteiger partial charge on any atom is -0.388 e. The summed E-state index contributed by atoms with van der Waals surface area (Å²) in [4.78, 5) is 4.65. The van der Waals surface area contributed by atoms with Gasteiger partial charge in [0.15, 0.2) is 5.96 Å². The molecule has 1 aromatic rings. The fourth-order valence-electron chi connectivity index (χ4n) is 3.97. The van der Waals surface area contributed by atoms with E-state index in [1.165, 1.54) is 19.3 Å². The maximum atomic E-state index is 10.8. The van der Waals surface area contributed by atoms with Crippen LogP contribution in [0.5, 0.6) is 0 Å². The van der Waals surface area contributed by atoms with Crippen molar-refractivity contribution in [1.29, 1.82) is 0 Å². The molecule has 0 unspecified atom stereocenters. The first-order valence-electron chi connectivity index (χ1n) is 11.3. The second kappa shape index (κ2) is 14.2. The van der Waals surface area contributed by atoms with E-state index in [0.717, 1.165) is 82.2 Å². The second-order valence-corrected chi connectivity index (χ2v) is 7.94. The van der Waals surface area contributed by atoms with Crippen LogP contribution in [-0.2, 0) is 19.4 Å². The Morgan fingerprint density at radius 1 is 1.10 bits per heavy atom. The molecule has 168 valence electrons. The quantitative estimate of drug-likeness (QED) is 0.180. The van der Waals surface area contributed by atoms with Gasteiger partial charge in [-0.1, -0.05) is 33.1 Å². The van der Waals surface area contributed by atoms with Crippen molar-refractivity contribution in [2.45, 2.75) is 97.1 Å². The van der Waals surface area contributed by atoms with E-state index in [2.05, 4.69) is 51.2 Å². The Morgan fingerprint density at radius 3 is 2.55 bits per heavy atom. The maximum absolute atomic E-state index is 10.8. The molecule has 1 aromatic heterocycles. The zero-order valence-corrected chi connectivity index (χ0v) is 20.9. The number of aryl methyl sites for hydroxylation is 2. The molecule has 0 saturated heterocycles. The van der Waals surface area contributed by atoms with E-state index >= 15 is 0 Å². The number of fused-ring (bicyclic) bond motifs is 1. The highest BCUT2D eigenvalue weighted by Gasteiger charge is 2.24. The van der Waals surface area contributed by atoms with Crippen LogP contribution in [0.2, 0.25) is 0 Å². The number of halogens is 1. The molecule has 29 heavy (non-hydrogen) atoms. The predicted octanol–water partition coefficient (Wildman–Crippen LogP) is 3.44. The van der Waals surface area contributed by atoms with Gasteiger partial charge in [0.05, 0.1) is 12.1 Å². The number of aromatic nitrogens is 3. The van der Waals surface area contributed by atoms with E-state index in [4.69, 9.17) is 0 Å². The van der Waals surface area contributed by atoms with Crippen molar-refractivity contribution in [3.05, 3.63) is 11.6 Å². The number of aliphatic imine (C=N–C) groups is 1. The summed E-state index contributed by atoms with van der Waals surface area (Å²) in [5, 5.41) is 26.3. The molecule has 0 bridgehead atoms.